The number of hydrogen-bond donors (Lipinski definition) is 4. The fourth-order valence-electron chi connectivity index (χ4n) is 3.02. The summed E-state index contributed by atoms with van der Waals surface area (Å²) in [5.41, 5.74) is -0.910. The number of unbranched alkanes of at least 4 members (excludes halogenated alkanes) is 2. The van der Waals surface area contributed by atoms with Gasteiger partial charge in [0.2, 0.25) is 23.5 Å². The van der Waals surface area contributed by atoms with Crippen molar-refractivity contribution < 1.29 is 45.8 Å². The summed E-state index contributed by atoms with van der Waals surface area (Å²) in [7, 11) is -8.28. The van der Waals surface area contributed by atoms with Crippen molar-refractivity contribution in [2.75, 3.05) is 11.5 Å². The maximum absolute atomic E-state index is 12.0. The van der Waals surface area contributed by atoms with Crippen molar-refractivity contribution >= 4 is 20.2 Å². The maximum atomic E-state index is 12.0. The molecule has 0 aromatic carbocycles. The van der Waals surface area contributed by atoms with Gasteiger partial charge in [-0.1, -0.05) is 36.1 Å². The third kappa shape index (κ3) is 3.49. The highest BCUT2D eigenvalue weighted by molar-refractivity contribution is 7.87. The Morgan fingerprint density at radius 1 is 0.633 bits per heavy atom. The molecule has 4 N–H and O–H groups in total. The van der Waals surface area contributed by atoms with Crippen molar-refractivity contribution in [2.45, 2.75) is 39.5 Å². The number of aromatic hydroxyl groups is 4. The summed E-state index contributed by atoms with van der Waals surface area (Å²) < 4.78 is 58.0. The Morgan fingerprint density at radius 3 is 1.13 bits per heavy atom. The summed E-state index contributed by atoms with van der Waals surface area (Å²) in [5.74, 6) is -4.12. The highest BCUT2D eigenvalue weighted by Gasteiger charge is 2.45. The average molecular weight is 466 g/mol. The van der Waals surface area contributed by atoms with Gasteiger partial charge in [-0.05, 0) is 12.8 Å². The van der Waals surface area contributed by atoms with Gasteiger partial charge in [0.05, 0.1) is 33.8 Å². The number of aromatic nitrogens is 2. The first-order chi connectivity index (χ1) is 14.0. The maximum Gasteiger partial charge on any atom is 0.327 e. The van der Waals surface area contributed by atoms with Crippen molar-refractivity contribution in [2.24, 2.45) is 0 Å². The topological polar surface area (TPSA) is 178 Å². The van der Waals surface area contributed by atoms with Gasteiger partial charge in [0.25, 0.3) is 0 Å². The molecule has 0 unspecified atom stereocenters. The van der Waals surface area contributed by atoms with Gasteiger partial charge < -0.3 is 20.4 Å². The van der Waals surface area contributed by atoms with Crippen LogP contribution < -0.4 is 8.57 Å². The smallest absolute Gasteiger partial charge is 0.327 e. The molecular weight excluding hydrogens is 444 g/mol. The van der Waals surface area contributed by atoms with E-state index in [1.807, 2.05) is 0 Å². The third-order valence-corrected chi connectivity index (χ3v) is 6.87. The van der Waals surface area contributed by atoms with E-state index in [9.17, 15) is 37.3 Å². The van der Waals surface area contributed by atoms with Crippen molar-refractivity contribution in [3.05, 3.63) is 0 Å². The Balaban J connectivity index is 1.98. The van der Waals surface area contributed by atoms with Crippen LogP contribution >= 0.6 is 0 Å². The second kappa shape index (κ2) is 7.50. The zero-order valence-corrected chi connectivity index (χ0v) is 17.8. The van der Waals surface area contributed by atoms with Crippen molar-refractivity contribution in [3.63, 3.8) is 0 Å². The molecular formula is C16H22N2O10S2. The lowest BCUT2D eigenvalue weighted by molar-refractivity contribution is 0.201. The molecule has 0 radical (unpaired) electrons. The SMILES string of the molecule is CCCCS(=O)(=O)On1c(O)c2c(c1O)-c1c-2c(O)n(OS(=O)(=O)CCCC)c1O. The van der Waals surface area contributed by atoms with Crippen LogP contribution in [-0.2, 0) is 20.2 Å². The highest BCUT2D eigenvalue weighted by atomic mass is 32.2. The van der Waals surface area contributed by atoms with Crippen LogP contribution in [0.25, 0.3) is 22.3 Å². The van der Waals surface area contributed by atoms with Crippen LogP contribution in [0.5, 0.6) is 23.5 Å². The lowest BCUT2D eigenvalue weighted by Crippen LogP contribution is -2.22. The van der Waals surface area contributed by atoms with E-state index in [0.29, 0.717) is 25.7 Å². The molecule has 1 aliphatic rings. The van der Waals surface area contributed by atoms with Crippen LogP contribution in [0.2, 0.25) is 0 Å². The van der Waals surface area contributed by atoms with E-state index >= 15 is 0 Å². The van der Waals surface area contributed by atoms with Crippen LogP contribution in [0.3, 0.4) is 0 Å². The number of nitrogens with zero attached hydrogens (tertiary/aromatic N) is 2. The van der Waals surface area contributed by atoms with Gasteiger partial charge in [0, 0.05) is 0 Å². The molecule has 0 spiro atoms. The molecule has 0 bridgehead atoms. The van der Waals surface area contributed by atoms with Gasteiger partial charge in [-0.25, -0.2) is 0 Å². The van der Waals surface area contributed by atoms with E-state index in [1.165, 1.54) is 0 Å². The summed E-state index contributed by atoms with van der Waals surface area (Å²) in [5, 5.41) is 41.2. The first-order valence-electron chi connectivity index (χ1n) is 9.15. The first kappa shape index (κ1) is 22.0. The number of rotatable bonds is 10. The van der Waals surface area contributed by atoms with Crippen molar-refractivity contribution in [1.29, 1.82) is 0 Å². The predicted molar refractivity (Wildman–Crippen MR) is 104 cm³/mol. The van der Waals surface area contributed by atoms with E-state index in [1.54, 1.807) is 13.8 Å². The fraction of sp³-hybridized carbons (Fsp3) is 0.500. The van der Waals surface area contributed by atoms with Crippen LogP contribution in [0.1, 0.15) is 39.5 Å². The monoisotopic (exact) mass is 466 g/mol. The standard InChI is InChI=1S/C16H22N2O10S2/c1-3-5-7-29(23,24)27-17-13(19)9-10(14(17)20)12-11(9)15(21)18(16(12)22)28-30(25,26)8-6-4-2/h19-22H,3-8H2,1-2H3. The Morgan fingerprint density at radius 2 is 0.900 bits per heavy atom. The van der Waals surface area contributed by atoms with Crippen LogP contribution in [0.4, 0.5) is 0 Å². The molecule has 0 fully saturated rings. The molecule has 2 aromatic rings. The van der Waals surface area contributed by atoms with Gasteiger partial charge in [0.15, 0.2) is 0 Å². The van der Waals surface area contributed by atoms with Gasteiger partial charge in [0.1, 0.15) is 0 Å². The van der Waals surface area contributed by atoms with E-state index < -0.39 is 43.8 Å². The second-order valence-electron chi connectivity index (χ2n) is 6.76. The normalized spacial score (nSPS) is 12.9. The van der Waals surface area contributed by atoms with Gasteiger partial charge in [-0.15, -0.1) is 0 Å². The van der Waals surface area contributed by atoms with Crippen LogP contribution in [-0.4, -0.2) is 58.2 Å². The summed E-state index contributed by atoms with van der Waals surface area (Å²) in [6.45, 7) is 3.54. The Hall–Kier alpha value is -2.74. The van der Waals surface area contributed by atoms with E-state index in [-0.39, 0.29) is 43.2 Å². The van der Waals surface area contributed by atoms with Crippen molar-refractivity contribution in [1.82, 2.24) is 9.46 Å². The Kier molecular flexibility index (Phi) is 5.49. The lowest BCUT2D eigenvalue weighted by atomic mass is 9.86. The molecule has 3 rings (SSSR count). The average Bonchev–Trinajstić information content (AvgIpc) is 2.94. The molecule has 2 aromatic heterocycles. The molecule has 168 valence electrons. The molecule has 12 nitrogen and oxygen atoms in total. The molecule has 0 saturated heterocycles. The first-order valence-corrected chi connectivity index (χ1v) is 12.3. The molecule has 2 heterocycles. The number of hydrogen-bond acceptors (Lipinski definition) is 10. The zero-order valence-electron chi connectivity index (χ0n) is 16.2. The third-order valence-electron chi connectivity index (χ3n) is 4.54. The van der Waals surface area contributed by atoms with Gasteiger partial charge in [-0.3, -0.25) is 8.57 Å². The molecule has 14 heteroatoms. The largest absolute Gasteiger partial charge is 0.492 e. The second-order valence-corrected chi connectivity index (χ2v) is 10.1. The minimum atomic E-state index is -4.14. The van der Waals surface area contributed by atoms with Crippen LogP contribution in [0.15, 0.2) is 0 Å². The predicted octanol–water partition coefficient (Wildman–Crippen LogP) is 0.876. The van der Waals surface area contributed by atoms with Gasteiger partial charge in [-0.2, -0.15) is 16.8 Å². The molecule has 0 saturated carbocycles. The van der Waals surface area contributed by atoms with E-state index in [0.717, 1.165) is 0 Å². The summed E-state index contributed by atoms with van der Waals surface area (Å²) in [6.07, 6.45) is 1.73. The van der Waals surface area contributed by atoms with E-state index in [4.69, 9.17) is 8.57 Å². The summed E-state index contributed by atoms with van der Waals surface area (Å²) in [4.78, 5) is 0. The Bertz CT molecular complexity index is 1030. The molecule has 1 aliphatic carbocycles. The fourth-order valence-corrected chi connectivity index (χ4v) is 5.19. The molecule has 30 heavy (non-hydrogen) atoms. The minimum absolute atomic E-state index is 0.228. The Labute approximate surface area is 172 Å². The molecule has 0 aliphatic heterocycles. The lowest BCUT2D eigenvalue weighted by Gasteiger charge is -2.13. The number of fused-ring (bicyclic) bond motifs is 4. The summed E-state index contributed by atoms with van der Waals surface area (Å²) in [6, 6.07) is 0. The van der Waals surface area contributed by atoms with Crippen molar-refractivity contribution in [3.8, 4) is 45.8 Å². The van der Waals surface area contributed by atoms with E-state index in [2.05, 4.69) is 0 Å². The minimum Gasteiger partial charge on any atom is -0.492 e. The molecule has 0 amide bonds. The quantitative estimate of drug-likeness (QED) is 0.335. The summed E-state index contributed by atoms with van der Waals surface area (Å²) >= 11 is 0. The zero-order chi connectivity index (χ0) is 22.4. The van der Waals surface area contributed by atoms with Crippen LogP contribution in [0, 0.1) is 0 Å². The highest BCUT2D eigenvalue weighted by Crippen LogP contribution is 2.64. The van der Waals surface area contributed by atoms with Gasteiger partial charge >= 0.3 is 20.2 Å². The molecule has 0 atom stereocenters.